The number of anilines is 2. The number of rotatable bonds is 7. The van der Waals surface area contributed by atoms with E-state index in [1.54, 1.807) is 0 Å². The van der Waals surface area contributed by atoms with Gasteiger partial charge < -0.3 is 25.3 Å². The summed E-state index contributed by atoms with van der Waals surface area (Å²) in [5.74, 6) is 1.52. The van der Waals surface area contributed by atoms with Gasteiger partial charge in [0, 0.05) is 54.8 Å². The summed E-state index contributed by atoms with van der Waals surface area (Å²) in [5.41, 5.74) is 13.1. The van der Waals surface area contributed by atoms with E-state index in [9.17, 15) is 4.79 Å². The topological polar surface area (TPSA) is 111 Å². The van der Waals surface area contributed by atoms with E-state index in [1.165, 1.54) is 12.4 Å². The lowest BCUT2D eigenvalue weighted by molar-refractivity contribution is -0.117. The van der Waals surface area contributed by atoms with Crippen LogP contribution in [0.15, 0.2) is 85.7 Å². The number of nitrogen functional groups attached to an aromatic ring is 1. The zero-order valence-electron chi connectivity index (χ0n) is 23.0. The molecule has 1 atom stereocenters. The van der Waals surface area contributed by atoms with Crippen molar-refractivity contribution < 1.29 is 9.53 Å². The molecular formula is C32H31N7O2. The second-order valence-electron chi connectivity index (χ2n) is 10.2. The van der Waals surface area contributed by atoms with Crippen LogP contribution in [-0.4, -0.2) is 44.6 Å². The molecule has 0 spiro atoms. The molecule has 1 saturated heterocycles. The molecule has 1 fully saturated rings. The highest BCUT2D eigenvalue weighted by molar-refractivity contribution is 6.07. The normalized spacial score (nSPS) is 14.8. The quantitative estimate of drug-likeness (QED) is 0.268. The van der Waals surface area contributed by atoms with Gasteiger partial charge in [-0.3, -0.25) is 4.79 Å². The van der Waals surface area contributed by atoms with Crippen molar-refractivity contribution in [2.24, 2.45) is 7.05 Å². The number of aryl methyl sites for hydroxylation is 2. The molecule has 0 bridgehead atoms. The largest absolute Gasteiger partial charge is 0.439 e. The van der Waals surface area contributed by atoms with Crippen LogP contribution in [0.25, 0.3) is 33.4 Å². The van der Waals surface area contributed by atoms with E-state index in [0.29, 0.717) is 17.4 Å². The lowest BCUT2D eigenvalue weighted by Crippen LogP contribution is -2.36. The number of ether oxygens (including phenoxy) is 1. The van der Waals surface area contributed by atoms with E-state index in [2.05, 4.69) is 60.6 Å². The van der Waals surface area contributed by atoms with Gasteiger partial charge in [0.2, 0.25) is 11.8 Å². The average molecular weight is 546 g/mol. The molecule has 1 aliphatic rings. The number of hydrogen-bond donors (Lipinski definition) is 2. The number of fused-ring (bicyclic) bond motifs is 1. The minimum Gasteiger partial charge on any atom is -0.439 e. The molecule has 9 heteroatoms. The predicted molar refractivity (Wildman–Crippen MR) is 162 cm³/mol. The molecule has 6 rings (SSSR count). The lowest BCUT2D eigenvalue weighted by Gasteiger charge is -2.20. The summed E-state index contributed by atoms with van der Waals surface area (Å²) < 4.78 is 8.06. The van der Waals surface area contributed by atoms with Gasteiger partial charge in [0.15, 0.2) is 0 Å². The third kappa shape index (κ3) is 5.09. The van der Waals surface area contributed by atoms with Gasteiger partial charge in [0.1, 0.15) is 23.5 Å². The van der Waals surface area contributed by atoms with Gasteiger partial charge in [-0.05, 0) is 55.3 Å². The Morgan fingerprint density at radius 2 is 1.90 bits per heavy atom. The molecule has 9 nitrogen and oxygen atoms in total. The van der Waals surface area contributed by atoms with Crippen molar-refractivity contribution in [2.45, 2.75) is 19.4 Å². The Balaban J connectivity index is 1.39. The van der Waals surface area contributed by atoms with Crippen LogP contribution in [0.1, 0.15) is 12.1 Å². The van der Waals surface area contributed by atoms with E-state index in [0.717, 1.165) is 64.3 Å². The Labute approximate surface area is 238 Å². The van der Waals surface area contributed by atoms with Crippen molar-refractivity contribution in [1.82, 2.24) is 24.8 Å². The number of amides is 1. The molecule has 3 aromatic heterocycles. The average Bonchev–Trinajstić information content (AvgIpc) is 3.56. The van der Waals surface area contributed by atoms with Gasteiger partial charge in [-0.2, -0.15) is 0 Å². The number of pyridine rings is 1. The second-order valence-corrected chi connectivity index (χ2v) is 10.2. The van der Waals surface area contributed by atoms with Gasteiger partial charge in [-0.15, -0.1) is 0 Å². The third-order valence-electron chi connectivity index (χ3n) is 7.43. The highest BCUT2D eigenvalue weighted by Crippen LogP contribution is 2.42. The summed E-state index contributed by atoms with van der Waals surface area (Å²) in [4.78, 5) is 27.4. The van der Waals surface area contributed by atoms with Crippen molar-refractivity contribution in [1.29, 1.82) is 0 Å². The Kier molecular flexibility index (Phi) is 6.84. The van der Waals surface area contributed by atoms with Crippen LogP contribution in [-0.2, 0) is 11.8 Å². The fourth-order valence-corrected chi connectivity index (χ4v) is 5.50. The van der Waals surface area contributed by atoms with E-state index in [1.807, 2.05) is 56.4 Å². The molecule has 4 heterocycles. The molecule has 0 saturated carbocycles. The van der Waals surface area contributed by atoms with Gasteiger partial charge >= 0.3 is 0 Å². The zero-order chi connectivity index (χ0) is 28.5. The van der Waals surface area contributed by atoms with E-state index in [-0.39, 0.29) is 11.9 Å². The maximum atomic E-state index is 11.8. The van der Waals surface area contributed by atoms with E-state index in [4.69, 9.17) is 10.5 Å². The summed E-state index contributed by atoms with van der Waals surface area (Å²) in [6.07, 6.45) is 3.69. The van der Waals surface area contributed by atoms with Crippen molar-refractivity contribution in [3.63, 3.8) is 0 Å². The molecule has 0 radical (unpaired) electrons. The second kappa shape index (κ2) is 10.8. The molecular weight excluding hydrogens is 514 g/mol. The van der Waals surface area contributed by atoms with Gasteiger partial charge in [-0.1, -0.05) is 36.9 Å². The first-order valence-electron chi connectivity index (χ1n) is 13.5. The highest BCUT2D eigenvalue weighted by Gasteiger charge is 2.25. The number of hydrogen-bond acceptors (Lipinski definition) is 7. The predicted octanol–water partition coefficient (Wildman–Crippen LogP) is 5.26. The maximum Gasteiger partial charge on any atom is 0.243 e. The van der Waals surface area contributed by atoms with Crippen LogP contribution in [0.2, 0.25) is 0 Å². The van der Waals surface area contributed by atoms with Gasteiger partial charge in [0.25, 0.3) is 0 Å². The lowest BCUT2D eigenvalue weighted by atomic mass is 9.98. The van der Waals surface area contributed by atoms with Crippen molar-refractivity contribution >= 4 is 28.4 Å². The first-order chi connectivity index (χ1) is 19.9. The van der Waals surface area contributed by atoms with Crippen LogP contribution in [0, 0.1) is 6.92 Å². The van der Waals surface area contributed by atoms with Crippen molar-refractivity contribution in [3.8, 4) is 34.0 Å². The summed E-state index contributed by atoms with van der Waals surface area (Å²) in [7, 11) is 2.00. The molecule has 206 valence electrons. The van der Waals surface area contributed by atoms with Crippen LogP contribution >= 0.6 is 0 Å². The fourth-order valence-electron chi connectivity index (χ4n) is 5.50. The Morgan fingerprint density at radius 3 is 2.68 bits per heavy atom. The molecule has 2 aromatic carbocycles. The first kappa shape index (κ1) is 26.1. The fraction of sp³-hybridized carbons (Fsp3) is 0.188. The Hall–Kier alpha value is -5.18. The number of nitrogens with one attached hydrogen (secondary N) is 1. The molecule has 0 unspecified atom stereocenters. The van der Waals surface area contributed by atoms with Crippen molar-refractivity contribution in [3.05, 3.63) is 91.4 Å². The van der Waals surface area contributed by atoms with Crippen LogP contribution < -0.4 is 20.7 Å². The summed E-state index contributed by atoms with van der Waals surface area (Å²) >= 11 is 0. The molecule has 1 aliphatic heterocycles. The standard InChI is InChI=1S/C32H31N7O2/c1-4-26(40)37-23-15-16-39(18-23)24-9-6-8-22(17-24)30-28(29-31(33)34-19-35-32(29)38(30)3)21-11-13-25(14-12-21)41-27-10-5-7-20(2)36-27/h4-14,17,19,23H,1,15-16,18H2,2-3H3,(H,37,40)(H2,33,34,35)/t23-/m1/s1. The number of carbonyl (C=O) groups excluding carboxylic acids is 1. The Bertz CT molecular complexity index is 1760. The molecule has 0 aliphatic carbocycles. The van der Waals surface area contributed by atoms with Crippen LogP contribution in [0.4, 0.5) is 11.5 Å². The third-order valence-corrected chi connectivity index (χ3v) is 7.43. The molecule has 1 amide bonds. The number of nitrogens with zero attached hydrogens (tertiary/aromatic N) is 5. The number of carbonyl (C=O) groups is 1. The summed E-state index contributed by atoms with van der Waals surface area (Å²) in [5, 5.41) is 3.82. The monoisotopic (exact) mass is 545 g/mol. The Morgan fingerprint density at radius 1 is 1.10 bits per heavy atom. The zero-order valence-corrected chi connectivity index (χ0v) is 23.0. The van der Waals surface area contributed by atoms with Gasteiger partial charge in [-0.25, -0.2) is 15.0 Å². The number of benzene rings is 2. The SMILES string of the molecule is C=CC(=O)N[C@@H]1CCN(c2cccc(-c3c(-c4ccc(Oc5cccc(C)n5)cc4)c4c(N)ncnc4n3C)c2)C1. The van der Waals surface area contributed by atoms with Crippen molar-refractivity contribution in [2.75, 3.05) is 23.7 Å². The minimum absolute atomic E-state index is 0.0862. The minimum atomic E-state index is -0.143. The maximum absolute atomic E-state index is 11.8. The van der Waals surface area contributed by atoms with Gasteiger partial charge in [0.05, 0.1) is 11.1 Å². The number of nitrogens with two attached hydrogens (primary N) is 1. The smallest absolute Gasteiger partial charge is 0.243 e. The van der Waals surface area contributed by atoms with Crippen LogP contribution in [0.5, 0.6) is 11.6 Å². The summed E-state index contributed by atoms with van der Waals surface area (Å²) in [6, 6.07) is 22.1. The molecule has 5 aromatic rings. The molecule has 3 N–H and O–H groups in total. The first-order valence-corrected chi connectivity index (χ1v) is 13.5. The van der Waals surface area contributed by atoms with Crippen LogP contribution in [0.3, 0.4) is 0 Å². The highest BCUT2D eigenvalue weighted by atomic mass is 16.5. The number of aromatic nitrogens is 4. The van der Waals surface area contributed by atoms with E-state index >= 15 is 0 Å². The van der Waals surface area contributed by atoms with E-state index < -0.39 is 0 Å². The molecule has 41 heavy (non-hydrogen) atoms. The summed E-state index contributed by atoms with van der Waals surface area (Å²) in [6.45, 7) is 7.08.